The number of aryl methyl sites for hydroxylation is 1. The van der Waals surface area contributed by atoms with Gasteiger partial charge < -0.3 is 14.6 Å². The first kappa shape index (κ1) is 19.6. The topological polar surface area (TPSA) is 36.4 Å². The Bertz CT molecular complexity index is 1100. The molecule has 0 fully saturated rings. The summed E-state index contributed by atoms with van der Waals surface area (Å²) in [5.41, 5.74) is 7.11. The molecule has 2 aromatic carbocycles. The Morgan fingerprint density at radius 1 is 0.967 bits per heavy atom. The minimum atomic E-state index is -0.430. The lowest BCUT2D eigenvalue weighted by atomic mass is 9.89. The summed E-state index contributed by atoms with van der Waals surface area (Å²) < 4.78 is 0. The van der Waals surface area contributed by atoms with Crippen LogP contribution in [0.4, 0.5) is 11.4 Å². The highest BCUT2D eigenvalue weighted by Crippen LogP contribution is 2.38. The van der Waals surface area contributed by atoms with Gasteiger partial charge in [-0.1, -0.05) is 42.5 Å². The van der Waals surface area contributed by atoms with Gasteiger partial charge in [-0.25, -0.2) is 0 Å². The Morgan fingerprint density at radius 3 is 2.40 bits per heavy atom. The molecule has 1 aliphatic rings. The van der Waals surface area contributed by atoms with Gasteiger partial charge in [-0.05, 0) is 48.4 Å². The van der Waals surface area contributed by atoms with Crippen LogP contribution in [0, 0.1) is 6.92 Å². The van der Waals surface area contributed by atoms with Gasteiger partial charge in [-0.3, -0.25) is 4.98 Å². The molecule has 0 radical (unpaired) electrons. The summed E-state index contributed by atoms with van der Waals surface area (Å²) in [6, 6.07) is 21.7. The molecule has 4 nitrogen and oxygen atoms in total. The Morgan fingerprint density at radius 2 is 1.73 bits per heavy atom. The molecule has 1 unspecified atom stereocenters. The van der Waals surface area contributed by atoms with E-state index in [9.17, 15) is 4.79 Å². The maximum absolute atomic E-state index is 12.4. The molecule has 2 heterocycles. The molecular formula is C26H25N3O. The largest absolute Gasteiger partial charge is 0.377 e. The van der Waals surface area contributed by atoms with Crippen molar-refractivity contribution in [2.45, 2.75) is 13.0 Å². The minimum absolute atomic E-state index is 0.430. The summed E-state index contributed by atoms with van der Waals surface area (Å²) in [7, 11) is 4.07. The monoisotopic (exact) mass is 395 g/mol. The number of allylic oxidation sites excluding steroid dienone is 2. The zero-order chi connectivity index (χ0) is 21.1. The molecule has 0 saturated heterocycles. The van der Waals surface area contributed by atoms with E-state index in [1.54, 1.807) is 6.20 Å². The third kappa shape index (κ3) is 3.64. The van der Waals surface area contributed by atoms with Crippen LogP contribution >= 0.6 is 0 Å². The summed E-state index contributed by atoms with van der Waals surface area (Å²) in [4.78, 5) is 21.1. The number of para-hydroxylation sites is 2. The van der Waals surface area contributed by atoms with Gasteiger partial charge in [-0.2, -0.15) is 0 Å². The molecule has 0 N–H and O–H groups in total. The highest BCUT2D eigenvalue weighted by Gasteiger charge is 2.29. The van der Waals surface area contributed by atoms with Crippen LogP contribution in [0.15, 0.2) is 85.2 Å². The first-order valence-corrected chi connectivity index (χ1v) is 10.0. The number of nitrogens with zero attached hydrogens (tertiary/aromatic N) is 3. The molecule has 3 aromatic rings. The lowest BCUT2D eigenvalue weighted by molar-refractivity contribution is -0.107. The van der Waals surface area contributed by atoms with E-state index < -0.39 is 6.04 Å². The quantitative estimate of drug-likeness (QED) is 0.572. The highest BCUT2D eigenvalue weighted by atomic mass is 16.1. The van der Waals surface area contributed by atoms with Crippen LogP contribution in [0.3, 0.4) is 0 Å². The molecule has 0 bridgehead atoms. The number of benzene rings is 2. The molecule has 1 aromatic heterocycles. The predicted octanol–water partition coefficient (Wildman–Crippen LogP) is 4.97. The standard InChI is InChI=1S/C26H25N3O/c1-19-10-9-13-22(26(19)28(2)3)23-16-20(24-14-7-8-15-27-24)17-29(25(23)18-30)21-11-5-4-6-12-21/h4-18,25H,1-3H3. The summed E-state index contributed by atoms with van der Waals surface area (Å²) in [5, 5.41) is 0. The number of pyridine rings is 1. The number of hydrogen-bond acceptors (Lipinski definition) is 4. The van der Waals surface area contributed by atoms with Crippen molar-refractivity contribution in [3.63, 3.8) is 0 Å². The number of rotatable bonds is 5. The fraction of sp³-hybridized carbons (Fsp3) is 0.154. The molecule has 0 amide bonds. The van der Waals surface area contributed by atoms with Crippen LogP contribution in [0.2, 0.25) is 0 Å². The molecule has 0 aliphatic carbocycles. The lowest BCUT2D eigenvalue weighted by Crippen LogP contribution is -2.36. The normalized spacial score (nSPS) is 16.0. The number of aromatic nitrogens is 1. The summed E-state index contributed by atoms with van der Waals surface area (Å²) in [5.74, 6) is 0. The third-order valence-corrected chi connectivity index (χ3v) is 5.35. The van der Waals surface area contributed by atoms with Crippen molar-refractivity contribution in [3.8, 4) is 0 Å². The molecule has 1 aliphatic heterocycles. The molecule has 0 spiro atoms. The Labute approximate surface area is 177 Å². The van der Waals surface area contributed by atoms with E-state index >= 15 is 0 Å². The molecule has 1 atom stereocenters. The zero-order valence-corrected chi connectivity index (χ0v) is 17.5. The molecule has 0 saturated carbocycles. The van der Waals surface area contributed by atoms with E-state index in [2.05, 4.69) is 35.0 Å². The maximum atomic E-state index is 12.4. The van der Waals surface area contributed by atoms with E-state index in [0.717, 1.165) is 40.1 Å². The van der Waals surface area contributed by atoms with Crippen molar-refractivity contribution in [1.82, 2.24) is 4.98 Å². The summed E-state index contributed by atoms with van der Waals surface area (Å²) in [6.45, 7) is 2.10. The van der Waals surface area contributed by atoms with Gasteiger partial charge in [0.1, 0.15) is 12.3 Å². The van der Waals surface area contributed by atoms with E-state index in [1.807, 2.05) is 79.8 Å². The number of carbonyl (C=O) groups is 1. The number of carbonyl (C=O) groups excluding carboxylic acids is 1. The minimum Gasteiger partial charge on any atom is -0.377 e. The smallest absolute Gasteiger partial charge is 0.147 e. The van der Waals surface area contributed by atoms with Crippen molar-refractivity contribution in [1.29, 1.82) is 0 Å². The summed E-state index contributed by atoms with van der Waals surface area (Å²) >= 11 is 0. The van der Waals surface area contributed by atoms with E-state index in [4.69, 9.17) is 0 Å². The van der Waals surface area contributed by atoms with Gasteiger partial charge in [0.05, 0.1) is 5.69 Å². The molecule has 150 valence electrons. The van der Waals surface area contributed by atoms with Crippen molar-refractivity contribution in [2.75, 3.05) is 23.9 Å². The Hall–Kier alpha value is -3.66. The van der Waals surface area contributed by atoms with E-state index in [1.165, 1.54) is 5.56 Å². The second kappa shape index (κ2) is 8.37. The average molecular weight is 396 g/mol. The zero-order valence-electron chi connectivity index (χ0n) is 17.5. The van der Waals surface area contributed by atoms with Crippen molar-refractivity contribution in [3.05, 3.63) is 102 Å². The molecular weight excluding hydrogens is 370 g/mol. The van der Waals surface area contributed by atoms with Crippen LogP contribution in [-0.2, 0) is 4.79 Å². The number of anilines is 2. The van der Waals surface area contributed by atoms with Crippen LogP contribution in [0.1, 0.15) is 16.8 Å². The number of aldehydes is 1. The number of hydrogen-bond donors (Lipinski definition) is 0. The first-order valence-electron chi connectivity index (χ1n) is 10.0. The fourth-order valence-electron chi connectivity index (χ4n) is 4.04. The Kier molecular flexibility index (Phi) is 5.48. The van der Waals surface area contributed by atoms with Crippen molar-refractivity contribution < 1.29 is 4.79 Å². The van der Waals surface area contributed by atoms with Crippen LogP contribution < -0.4 is 9.80 Å². The fourth-order valence-corrected chi connectivity index (χ4v) is 4.04. The maximum Gasteiger partial charge on any atom is 0.147 e. The third-order valence-electron chi connectivity index (χ3n) is 5.35. The van der Waals surface area contributed by atoms with Gasteiger partial charge in [0.25, 0.3) is 0 Å². The van der Waals surface area contributed by atoms with Gasteiger partial charge in [0.15, 0.2) is 0 Å². The second-order valence-corrected chi connectivity index (χ2v) is 7.59. The van der Waals surface area contributed by atoms with Gasteiger partial charge in [0.2, 0.25) is 0 Å². The lowest BCUT2D eigenvalue weighted by Gasteiger charge is -2.34. The van der Waals surface area contributed by atoms with Crippen LogP contribution in [-0.4, -0.2) is 31.4 Å². The Balaban J connectivity index is 1.95. The highest BCUT2D eigenvalue weighted by molar-refractivity contribution is 6.00. The predicted molar refractivity (Wildman–Crippen MR) is 124 cm³/mol. The molecule has 30 heavy (non-hydrogen) atoms. The van der Waals surface area contributed by atoms with E-state index in [-0.39, 0.29) is 0 Å². The molecule has 4 rings (SSSR count). The average Bonchev–Trinajstić information content (AvgIpc) is 2.79. The van der Waals surface area contributed by atoms with Crippen LogP contribution in [0.5, 0.6) is 0 Å². The van der Waals surface area contributed by atoms with Gasteiger partial charge in [0, 0.05) is 49.0 Å². The SMILES string of the molecule is Cc1cccc(C2=CC(c3ccccn3)=CN(c3ccccc3)C2C=O)c1N(C)C. The molecule has 4 heteroatoms. The van der Waals surface area contributed by atoms with Gasteiger partial charge in [-0.15, -0.1) is 0 Å². The van der Waals surface area contributed by atoms with E-state index in [0.29, 0.717) is 0 Å². The van der Waals surface area contributed by atoms with Crippen molar-refractivity contribution >= 4 is 28.8 Å². The summed E-state index contributed by atoms with van der Waals surface area (Å²) in [6.07, 6.45) is 6.93. The second-order valence-electron chi connectivity index (χ2n) is 7.59. The first-order chi connectivity index (χ1) is 14.6. The van der Waals surface area contributed by atoms with Crippen molar-refractivity contribution in [2.24, 2.45) is 0 Å². The van der Waals surface area contributed by atoms with Gasteiger partial charge >= 0.3 is 0 Å². The van der Waals surface area contributed by atoms with Crippen LogP contribution in [0.25, 0.3) is 11.1 Å².